The smallest absolute Gasteiger partial charge is 0.193 e. The summed E-state index contributed by atoms with van der Waals surface area (Å²) in [6.07, 6.45) is 0. The topological polar surface area (TPSA) is 26.3 Å². The molecule has 0 fully saturated rings. The Morgan fingerprint density at radius 3 is 2.00 bits per heavy atom. The number of halogens is 1. The van der Waals surface area contributed by atoms with Crippen molar-refractivity contribution >= 4 is 5.78 Å². The summed E-state index contributed by atoms with van der Waals surface area (Å²) in [6.45, 7) is 1.62. The fraction of sp³-hybridized carbons (Fsp3) is 0.188. The van der Waals surface area contributed by atoms with Crippen molar-refractivity contribution in [2.75, 3.05) is 13.3 Å². The lowest BCUT2D eigenvalue weighted by molar-refractivity contribution is 0.0958. The van der Waals surface area contributed by atoms with Crippen LogP contribution in [0.15, 0.2) is 48.5 Å². The highest BCUT2D eigenvalue weighted by Gasteiger charge is 2.05. The van der Waals surface area contributed by atoms with Crippen molar-refractivity contribution in [2.45, 2.75) is 6.92 Å². The predicted molar refractivity (Wildman–Crippen MR) is 73.4 cm³/mol. The molecule has 0 heterocycles. The SMILES string of the molecule is CCOc1ccc(-c2ccc(C(=O)CF)cc2)cc1. The zero-order valence-corrected chi connectivity index (χ0v) is 10.7. The summed E-state index contributed by atoms with van der Waals surface area (Å²) >= 11 is 0. The number of rotatable bonds is 5. The van der Waals surface area contributed by atoms with Gasteiger partial charge in [-0.2, -0.15) is 0 Å². The molecule has 0 N–H and O–H groups in total. The number of alkyl halides is 1. The van der Waals surface area contributed by atoms with Crippen molar-refractivity contribution in [2.24, 2.45) is 0 Å². The van der Waals surface area contributed by atoms with Gasteiger partial charge in [0.05, 0.1) is 6.61 Å². The first kappa shape index (κ1) is 13.3. The molecular weight excluding hydrogens is 243 g/mol. The van der Waals surface area contributed by atoms with Gasteiger partial charge in [0.15, 0.2) is 12.5 Å². The fourth-order valence-corrected chi connectivity index (χ4v) is 1.84. The number of ketones is 1. The third-order valence-corrected chi connectivity index (χ3v) is 2.83. The Morgan fingerprint density at radius 2 is 1.53 bits per heavy atom. The zero-order chi connectivity index (χ0) is 13.7. The maximum Gasteiger partial charge on any atom is 0.193 e. The van der Waals surface area contributed by atoms with Crippen molar-refractivity contribution in [1.29, 1.82) is 0 Å². The zero-order valence-electron chi connectivity index (χ0n) is 10.7. The molecule has 98 valence electrons. The van der Waals surface area contributed by atoms with Crippen LogP contribution in [0.2, 0.25) is 0 Å². The average molecular weight is 258 g/mol. The second-order valence-electron chi connectivity index (χ2n) is 4.09. The van der Waals surface area contributed by atoms with E-state index in [1.54, 1.807) is 12.1 Å². The molecule has 2 nitrogen and oxygen atoms in total. The Morgan fingerprint density at radius 1 is 1.00 bits per heavy atom. The molecule has 3 heteroatoms. The minimum atomic E-state index is -0.956. The lowest BCUT2D eigenvalue weighted by Gasteiger charge is -2.06. The summed E-state index contributed by atoms with van der Waals surface area (Å²) in [5.74, 6) is 0.341. The van der Waals surface area contributed by atoms with Gasteiger partial charge in [-0.15, -0.1) is 0 Å². The number of ether oxygens (including phenoxy) is 1. The van der Waals surface area contributed by atoms with Gasteiger partial charge in [-0.05, 0) is 30.2 Å². The van der Waals surface area contributed by atoms with Gasteiger partial charge < -0.3 is 4.74 Å². The van der Waals surface area contributed by atoms with E-state index in [0.717, 1.165) is 16.9 Å². The van der Waals surface area contributed by atoms with Crippen LogP contribution in [0, 0.1) is 0 Å². The van der Waals surface area contributed by atoms with Crippen LogP contribution in [0.5, 0.6) is 5.75 Å². The van der Waals surface area contributed by atoms with Crippen molar-refractivity contribution in [3.05, 3.63) is 54.1 Å². The molecule has 0 aliphatic heterocycles. The van der Waals surface area contributed by atoms with Crippen LogP contribution in [0.25, 0.3) is 11.1 Å². The molecule has 0 saturated heterocycles. The van der Waals surface area contributed by atoms with E-state index in [1.807, 2.05) is 43.3 Å². The standard InChI is InChI=1S/C16H15FO2/c1-2-19-15-9-7-13(8-10-15)12-3-5-14(6-4-12)16(18)11-17/h3-10H,2,11H2,1H3. The number of carbonyl (C=O) groups excluding carboxylic acids is 1. The number of Topliss-reactive ketones (excluding diaryl/α,β-unsaturated/α-hetero) is 1. The number of benzene rings is 2. The first-order valence-electron chi connectivity index (χ1n) is 6.17. The van der Waals surface area contributed by atoms with Crippen molar-refractivity contribution < 1.29 is 13.9 Å². The highest BCUT2D eigenvalue weighted by atomic mass is 19.1. The number of hydrogen-bond acceptors (Lipinski definition) is 2. The van der Waals surface area contributed by atoms with Crippen LogP contribution in [0.3, 0.4) is 0 Å². The number of hydrogen-bond donors (Lipinski definition) is 0. The summed E-state index contributed by atoms with van der Waals surface area (Å²) in [7, 11) is 0. The van der Waals surface area contributed by atoms with Gasteiger partial charge in [0.1, 0.15) is 5.75 Å². The molecule has 0 saturated carbocycles. The Kier molecular flexibility index (Phi) is 4.29. The van der Waals surface area contributed by atoms with Gasteiger partial charge in [-0.1, -0.05) is 36.4 Å². The highest BCUT2D eigenvalue weighted by molar-refractivity contribution is 5.97. The largest absolute Gasteiger partial charge is 0.494 e. The molecule has 2 aromatic rings. The van der Waals surface area contributed by atoms with Gasteiger partial charge >= 0.3 is 0 Å². The van der Waals surface area contributed by atoms with Crippen molar-refractivity contribution in [3.8, 4) is 16.9 Å². The quantitative estimate of drug-likeness (QED) is 0.760. The molecule has 0 radical (unpaired) electrons. The molecule has 2 aromatic carbocycles. The van der Waals surface area contributed by atoms with Crippen molar-refractivity contribution in [1.82, 2.24) is 0 Å². The molecule has 0 atom stereocenters. The molecule has 19 heavy (non-hydrogen) atoms. The van der Waals surface area contributed by atoms with Gasteiger partial charge in [-0.3, -0.25) is 4.79 Å². The maximum absolute atomic E-state index is 12.2. The van der Waals surface area contributed by atoms with Gasteiger partial charge in [0, 0.05) is 5.56 Å². The normalized spacial score (nSPS) is 10.2. The summed E-state index contributed by atoms with van der Waals surface area (Å²) in [5, 5.41) is 0. The lowest BCUT2D eigenvalue weighted by Crippen LogP contribution is -2.00. The van der Waals surface area contributed by atoms with E-state index >= 15 is 0 Å². The van der Waals surface area contributed by atoms with E-state index in [0.29, 0.717) is 12.2 Å². The molecule has 0 spiro atoms. The first-order valence-corrected chi connectivity index (χ1v) is 6.17. The monoisotopic (exact) mass is 258 g/mol. The van der Waals surface area contributed by atoms with E-state index in [2.05, 4.69) is 0 Å². The molecule has 0 amide bonds. The van der Waals surface area contributed by atoms with E-state index in [1.165, 1.54) is 0 Å². The molecule has 0 aromatic heterocycles. The van der Waals surface area contributed by atoms with Crippen LogP contribution < -0.4 is 4.74 Å². The Bertz CT molecular complexity index is 544. The summed E-state index contributed by atoms with van der Waals surface area (Å²) in [4.78, 5) is 11.2. The van der Waals surface area contributed by atoms with E-state index in [9.17, 15) is 9.18 Å². The second kappa shape index (κ2) is 6.14. The summed E-state index contributed by atoms with van der Waals surface area (Å²) in [6, 6.07) is 14.6. The second-order valence-corrected chi connectivity index (χ2v) is 4.09. The van der Waals surface area contributed by atoms with Gasteiger partial charge in [0.2, 0.25) is 0 Å². The highest BCUT2D eigenvalue weighted by Crippen LogP contribution is 2.23. The molecular formula is C16H15FO2. The molecule has 0 aliphatic rings. The van der Waals surface area contributed by atoms with Crippen LogP contribution in [0.4, 0.5) is 4.39 Å². The third kappa shape index (κ3) is 3.19. The van der Waals surface area contributed by atoms with Crippen LogP contribution in [-0.4, -0.2) is 19.1 Å². The fourth-order valence-electron chi connectivity index (χ4n) is 1.84. The van der Waals surface area contributed by atoms with E-state index < -0.39 is 12.5 Å². The van der Waals surface area contributed by atoms with Crippen LogP contribution in [-0.2, 0) is 0 Å². The van der Waals surface area contributed by atoms with Crippen molar-refractivity contribution in [3.63, 3.8) is 0 Å². The molecule has 0 aliphatic carbocycles. The average Bonchev–Trinajstić information content (AvgIpc) is 2.48. The van der Waals surface area contributed by atoms with Gasteiger partial charge in [0.25, 0.3) is 0 Å². The third-order valence-electron chi connectivity index (χ3n) is 2.83. The van der Waals surface area contributed by atoms with Crippen LogP contribution in [0.1, 0.15) is 17.3 Å². The lowest BCUT2D eigenvalue weighted by atomic mass is 10.0. The predicted octanol–water partition coefficient (Wildman–Crippen LogP) is 3.90. The summed E-state index contributed by atoms with van der Waals surface area (Å²) in [5.41, 5.74) is 2.42. The Hall–Kier alpha value is -2.16. The van der Waals surface area contributed by atoms with E-state index in [-0.39, 0.29) is 0 Å². The number of carbonyl (C=O) groups is 1. The Labute approximate surface area is 111 Å². The van der Waals surface area contributed by atoms with Crippen LogP contribution >= 0.6 is 0 Å². The first-order chi connectivity index (χ1) is 9.24. The molecule has 0 bridgehead atoms. The molecule has 2 rings (SSSR count). The van der Waals surface area contributed by atoms with E-state index in [4.69, 9.17) is 4.74 Å². The Balaban J connectivity index is 2.19. The summed E-state index contributed by atoms with van der Waals surface area (Å²) < 4.78 is 17.6. The minimum absolute atomic E-state index is 0.400. The van der Waals surface area contributed by atoms with Gasteiger partial charge in [-0.25, -0.2) is 4.39 Å². The molecule has 0 unspecified atom stereocenters. The maximum atomic E-state index is 12.2. The minimum Gasteiger partial charge on any atom is -0.494 e.